The Balaban J connectivity index is 2.38. The Morgan fingerprint density at radius 3 is 2.46 bits per heavy atom. The molecule has 0 radical (unpaired) electrons. The third-order valence-electron chi connectivity index (χ3n) is 3.94. The lowest BCUT2D eigenvalue weighted by Crippen LogP contribution is -2.31. The van der Waals surface area contributed by atoms with Crippen molar-refractivity contribution in [3.8, 4) is 0 Å². The Morgan fingerprint density at radius 2 is 1.88 bits per heavy atom. The molecule has 1 aliphatic rings. The molecule has 1 aromatic rings. The van der Waals surface area contributed by atoms with Gasteiger partial charge in [0, 0.05) is 20.1 Å². The second-order valence-electron chi connectivity index (χ2n) is 5.31. The minimum atomic E-state index is -3.75. The summed E-state index contributed by atoms with van der Waals surface area (Å²) in [5.74, 6) is -0.615. The summed E-state index contributed by atoms with van der Waals surface area (Å²) in [5, 5.41) is 0. The molecule has 7 heteroatoms. The van der Waals surface area contributed by atoms with E-state index in [1.165, 1.54) is 14.2 Å². The van der Waals surface area contributed by atoms with Crippen molar-refractivity contribution >= 4 is 13.8 Å². The van der Waals surface area contributed by atoms with Crippen LogP contribution in [0, 0.1) is 0 Å². The molecule has 0 heterocycles. The second kappa shape index (κ2) is 8.58. The number of phosphoric acid groups is 1. The van der Waals surface area contributed by atoms with Crippen LogP contribution in [0.25, 0.3) is 0 Å². The summed E-state index contributed by atoms with van der Waals surface area (Å²) in [6.45, 7) is 1.99. The number of benzene rings is 1. The number of ether oxygens (including phenoxy) is 1. The van der Waals surface area contributed by atoms with Crippen molar-refractivity contribution in [3.63, 3.8) is 0 Å². The van der Waals surface area contributed by atoms with Crippen LogP contribution in [0.3, 0.4) is 0 Å². The molecular weight excluding hydrogens is 331 g/mol. The Labute approximate surface area is 142 Å². The zero-order chi connectivity index (χ0) is 17.6. The lowest BCUT2D eigenvalue weighted by molar-refractivity contribution is -0.139. The highest BCUT2D eigenvalue weighted by Crippen LogP contribution is 2.53. The van der Waals surface area contributed by atoms with Crippen molar-refractivity contribution in [1.29, 1.82) is 0 Å². The molecule has 2 atom stereocenters. The van der Waals surface area contributed by atoms with Gasteiger partial charge in [-0.1, -0.05) is 36.4 Å². The maximum atomic E-state index is 12.5. The lowest BCUT2D eigenvalue weighted by Gasteiger charge is -2.33. The number of hydrogen-bond acceptors (Lipinski definition) is 6. The number of phosphoric ester groups is 1. The fraction of sp³-hybridized carbons (Fsp3) is 0.471. The van der Waals surface area contributed by atoms with E-state index in [2.05, 4.69) is 0 Å². The normalized spacial score (nSPS) is 21.2. The first-order valence-electron chi connectivity index (χ1n) is 7.86. The standard InChI is InChI=1S/C17H23O6P/c1-4-22-17(18)15-12-8-11-14(13-9-6-5-7-10-13)16(15)23-24(19,20-2)21-3/h5-7,9-10,12,14,16H,4,8,11H2,1-3H3/t14-,16+/m1/s1. The maximum absolute atomic E-state index is 12.5. The second-order valence-corrected chi connectivity index (χ2v) is 7.15. The Bertz CT molecular complexity index is 619. The van der Waals surface area contributed by atoms with Crippen LogP contribution in [0.4, 0.5) is 0 Å². The molecular formula is C17H23O6P. The Morgan fingerprint density at radius 1 is 1.21 bits per heavy atom. The van der Waals surface area contributed by atoms with Gasteiger partial charge in [-0.3, -0.25) is 13.6 Å². The molecule has 0 aromatic heterocycles. The van der Waals surface area contributed by atoms with Crippen LogP contribution >= 0.6 is 7.82 Å². The van der Waals surface area contributed by atoms with Crippen molar-refractivity contribution in [1.82, 2.24) is 0 Å². The molecule has 0 spiro atoms. The van der Waals surface area contributed by atoms with Gasteiger partial charge in [0.2, 0.25) is 0 Å². The number of carbonyl (C=O) groups excluding carboxylic acids is 1. The summed E-state index contributed by atoms with van der Waals surface area (Å²) < 4.78 is 33.0. The van der Waals surface area contributed by atoms with E-state index >= 15 is 0 Å². The highest BCUT2D eigenvalue weighted by molar-refractivity contribution is 7.48. The summed E-state index contributed by atoms with van der Waals surface area (Å²) in [4.78, 5) is 12.3. The fourth-order valence-electron chi connectivity index (χ4n) is 2.79. The van der Waals surface area contributed by atoms with Gasteiger partial charge in [-0.05, 0) is 25.3 Å². The van der Waals surface area contributed by atoms with Crippen molar-refractivity contribution in [2.45, 2.75) is 31.8 Å². The quantitative estimate of drug-likeness (QED) is 0.547. The van der Waals surface area contributed by atoms with Crippen LogP contribution in [0.2, 0.25) is 0 Å². The van der Waals surface area contributed by atoms with Gasteiger partial charge >= 0.3 is 13.8 Å². The third kappa shape index (κ3) is 4.33. The number of hydrogen-bond donors (Lipinski definition) is 0. The molecule has 0 bridgehead atoms. The molecule has 6 nitrogen and oxygen atoms in total. The first-order valence-corrected chi connectivity index (χ1v) is 9.32. The van der Waals surface area contributed by atoms with Gasteiger partial charge in [-0.25, -0.2) is 9.36 Å². The average molecular weight is 354 g/mol. The smallest absolute Gasteiger partial charge is 0.463 e. The van der Waals surface area contributed by atoms with Crippen molar-refractivity contribution < 1.29 is 27.7 Å². The topological polar surface area (TPSA) is 71.1 Å². The first kappa shape index (κ1) is 18.9. The molecule has 1 aliphatic carbocycles. The fourth-order valence-corrected chi connectivity index (χ4v) is 3.65. The van der Waals surface area contributed by atoms with Crippen LogP contribution in [0.15, 0.2) is 42.0 Å². The van der Waals surface area contributed by atoms with Crippen molar-refractivity contribution in [3.05, 3.63) is 47.5 Å². The summed E-state index contributed by atoms with van der Waals surface area (Å²) >= 11 is 0. The zero-order valence-electron chi connectivity index (χ0n) is 14.1. The summed E-state index contributed by atoms with van der Waals surface area (Å²) in [5.41, 5.74) is 1.35. The minimum Gasteiger partial charge on any atom is -0.463 e. The van der Waals surface area contributed by atoms with Gasteiger partial charge in [0.25, 0.3) is 0 Å². The van der Waals surface area contributed by atoms with Crippen LogP contribution in [-0.2, 0) is 27.7 Å². The zero-order valence-corrected chi connectivity index (χ0v) is 15.0. The molecule has 0 saturated heterocycles. The number of esters is 1. The number of allylic oxidation sites excluding steroid dienone is 1. The summed E-state index contributed by atoms with van der Waals surface area (Å²) in [6, 6.07) is 9.67. The maximum Gasteiger partial charge on any atom is 0.474 e. The Hall–Kier alpha value is -1.46. The van der Waals surface area contributed by atoms with Crippen LogP contribution in [0.1, 0.15) is 31.2 Å². The molecule has 24 heavy (non-hydrogen) atoms. The van der Waals surface area contributed by atoms with Gasteiger partial charge in [0.1, 0.15) is 6.10 Å². The summed E-state index contributed by atoms with van der Waals surface area (Å²) in [7, 11) is -1.26. The predicted molar refractivity (Wildman–Crippen MR) is 89.6 cm³/mol. The molecule has 0 N–H and O–H groups in total. The van der Waals surface area contributed by atoms with Gasteiger partial charge in [0.05, 0.1) is 12.2 Å². The highest BCUT2D eigenvalue weighted by atomic mass is 31.2. The van der Waals surface area contributed by atoms with E-state index in [-0.39, 0.29) is 12.5 Å². The molecule has 0 saturated carbocycles. The van der Waals surface area contributed by atoms with E-state index in [1.807, 2.05) is 30.3 Å². The molecule has 132 valence electrons. The van der Waals surface area contributed by atoms with E-state index < -0.39 is 19.9 Å². The molecule has 1 aromatic carbocycles. The van der Waals surface area contributed by atoms with E-state index in [4.69, 9.17) is 18.3 Å². The highest BCUT2D eigenvalue weighted by Gasteiger charge is 2.40. The van der Waals surface area contributed by atoms with Crippen LogP contribution in [-0.4, -0.2) is 32.9 Å². The molecule has 0 unspecified atom stereocenters. The van der Waals surface area contributed by atoms with Crippen molar-refractivity contribution in [2.24, 2.45) is 0 Å². The molecule has 2 rings (SSSR count). The van der Waals surface area contributed by atoms with E-state index in [9.17, 15) is 9.36 Å². The van der Waals surface area contributed by atoms with Crippen LogP contribution in [0.5, 0.6) is 0 Å². The van der Waals surface area contributed by atoms with E-state index in [0.29, 0.717) is 12.0 Å². The predicted octanol–water partition coefficient (Wildman–Crippen LogP) is 3.84. The number of carbonyl (C=O) groups is 1. The average Bonchev–Trinajstić information content (AvgIpc) is 2.62. The van der Waals surface area contributed by atoms with E-state index in [1.54, 1.807) is 13.0 Å². The largest absolute Gasteiger partial charge is 0.474 e. The van der Waals surface area contributed by atoms with Crippen molar-refractivity contribution in [2.75, 3.05) is 20.8 Å². The van der Waals surface area contributed by atoms with Gasteiger partial charge < -0.3 is 4.74 Å². The van der Waals surface area contributed by atoms with E-state index in [0.717, 1.165) is 12.0 Å². The number of rotatable bonds is 7. The van der Waals surface area contributed by atoms with Crippen LogP contribution < -0.4 is 0 Å². The SMILES string of the molecule is CCOC(=O)C1=CCC[C@H](c2ccccc2)[C@@H]1OP(=O)(OC)OC. The molecule has 0 fully saturated rings. The minimum absolute atomic E-state index is 0.144. The summed E-state index contributed by atoms with van der Waals surface area (Å²) in [6.07, 6.45) is 2.48. The lowest BCUT2D eigenvalue weighted by atomic mass is 9.81. The monoisotopic (exact) mass is 354 g/mol. The molecule has 0 aliphatic heterocycles. The van der Waals surface area contributed by atoms with Gasteiger partial charge in [-0.15, -0.1) is 0 Å². The Kier molecular flexibility index (Phi) is 6.75. The third-order valence-corrected chi connectivity index (χ3v) is 5.32. The first-order chi connectivity index (χ1) is 11.5. The molecule has 0 amide bonds. The van der Waals surface area contributed by atoms with Gasteiger partial charge in [0.15, 0.2) is 0 Å². The van der Waals surface area contributed by atoms with Gasteiger partial charge in [-0.2, -0.15) is 0 Å².